The molecular formula is C18H34N2O2. The van der Waals surface area contributed by atoms with Gasteiger partial charge in [-0.05, 0) is 65.3 Å². The third kappa shape index (κ3) is 4.61. The van der Waals surface area contributed by atoms with Gasteiger partial charge in [-0.1, -0.05) is 19.8 Å². The summed E-state index contributed by atoms with van der Waals surface area (Å²) in [6, 6.07) is 0.955. The van der Waals surface area contributed by atoms with Gasteiger partial charge in [-0.15, -0.1) is 0 Å². The number of hydrogen-bond acceptors (Lipinski definition) is 3. The van der Waals surface area contributed by atoms with Gasteiger partial charge in [-0.25, -0.2) is 4.79 Å². The number of amides is 1. The molecule has 1 aliphatic heterocycles. The minimum absolute atomic E-state index is 0.116. The molecule has 4 heteroatoms. The van der Waals surface area contributed by atoms with Gasteiger partial charge in [0.15, 0.2) is 0 Å². The van der Waals surface area contributed by atoms with Gasteiger partial charge in [0, 0.05) is 18.6 Å². The van der Waals surface area contributed by atoms with E-state index in [1.54, 1.807) is 0 Å². The topological polar surface area (TPSA) is 41.6 Å². The van der Waals surface area contributed by atoms with E-state index < -0.39 is 5.60 Å². The minimum atomic E-state index is -0.404. The van der Waals surface area contributed by atoms with Crippen molar-refractivity contribution in [3.63, 3.8) is 0 Å². The molecule has 1 amide bonds. The van der Waals surface area contributed by atoms with Crippen LogP contribution in [0.25, 0.3) is 0 Å². The fraction of sp³-hybridized carbons (Fsp3) is 0.944. The lowest BCUT2D eigenvalue weighted by Gasteiger charge is -2.34. The van der Waals surface area contributed by atoms with Crippen molar-refractivity contribution >= 4 is 6.09 Å². The molecule has 0 bridgehead atoms. The lowest BCUT2D eigenvalue weighted by molar-refractivity contribution is 0.0167. The van der Waals surface area contributed by atoms with Crippen molar-refractivity contribution < 1.29 is 9.53 Å². The summed E-state index contributed by atoms with van der Waals surface area (Å²) in [5, 5.41) is 3.74. The van der Waals surface area contributed by atoms with E-state index in [-0.39, 0.29) is 6.09 Å². The van der Waals surface area contributed by atoms with E-state index in [4.69, 9.17) is 4.74 Å². The summed E-state index contributed by atoms with van der Waals surface area (Å²) in [5.74, 6) is 0.604. The SMILES string of the molecule is CCCCNC1CCCC1C1CCCN1C(=O)OC(C)(C)C. The van der Waals surface area contributed by atoms with Crippen LogP contribution in [0.1, 0.15) is 72.6 Å². The smallest absolute Gasteiger partial charge is 0.410 e. The summed E-state index contributed by atoms with van der Waals surface area (Å²) in [4.78, 5) is 14.5. The highest BCUT2D eigenvalue weighted by atomic mass is 16.6. The first-order valence-electron chi connectivity index (χ1n) is 9.15. The molecule has 2 fully saturated rings. The maximum Gasteiger partial charge on any atom is 0.410 e. The fourth-order valence-electron chi connectivity index (χ4n) is 3.95. The summed E-state index contributed by atoms with van der Waals surface area (Å²) < 4.78 is 5.61. The van der Waals surface area contributed by atoms with Crippen molar-refractivity contribution in [2.45, 2.75) is 90.3 Å². The Hall–Kier alpha value is -0.770. The zero-order chi connectivity index (χ0) is 16.2. The fourth-order valence-corrected chi connectivity index (χ4v) is 3.95. The highest BCUT2D eigenvalue weighted by molar-refractivity contribution is 5.69. The van der Waals surface area contributed by atoms with E-state index in [0.29, 0.717) is 18.0 Å². The number of hydrogen-bond donors (Lipinski definition) is 1. The number of carbonyl (C=O) groups is 1. The van der Waals surface area contributed by atoms with E-state index in [2.05, 4.69) is 12.2 Å². The van der Waals surface area contributed by atoms with Crippen molar-refractivity contribution in [2.24, 2.45) is 5.92 Å². The Balaban J connectivity index is 1.95. The first-order valence-corrected chi connectivity index (χ1v) is 9.15. The summed E-state index contributed by atoms with van der Waals surface area (Å²) in [7, 11) is 0. The Morgan fingerprint density at radius 1 is 1.23 bits per heavy atom. The number of carbonyl (C=O) groups excluding carboxylic acids is 1. The summed E-state index contributed by atoms with van der Waals surface area (Å²) in [5.41, 5.74) is -0.404. The molecule has 1 aliphatic carbocycles. The molecule has 0 spiro atoms. The molecule has 4 nitrogen and oxygen atoms in total. The van der Waals surface area contributed by atoms with Gasteiger partial charge in [0.25, 0.3) is 0 Å². The molecule has 1 saturated heterocycles. The van der Waals surface area contributed by atoms with Gasteiger partial charge < -0.3 is 15.0 Å². The number of likely N-dealkylation sites (tertiary alicyclic amines) is 1. The van der Waals surface area contributed by atoms with Crippen molar-refractivity contribution in [1.29, 1.82) is 0 Å². The molecule has 1 N–H and O–H groups in total. The third-order valence-electron chi connectivity index (χ3n) is 4.93. The lowest BCUT2D eigenvalue weighted by atomic mass is 9.92. The zero-order valence-electron chi connectivity index (χ0n) is 14.9. The van der Waals surface area contributed by atoms with Gasteiger partial charge in [-0.2, -0.15) is 0 Å². The van der Waals surface area contributed by atoms with Gasteiger partial charge in [0.2, 0.25) is 0 Å². The summed E-state index contributed by atoms with van der Waals surface area (Å²) in [6.45, 7) is 10.0. The van der Waals surface area contributed by atoms with Gasteiger partial charge in [0.05, 0.1) is 0 Å². The van der Waals surface area contributed by atoms with Crippen LogP contribution in [0, 0.1) is 5.92 Å². The van der Waals surface area contributed by atoms with E-state index in [9.17, 15) is 4.79 Å². The number of unbranched alkanes of at least 4 members (excludes halogenated alkanes) is 1. The average Bonchev–Trinajstić information content (AvgIpc) is 3.04. The zero-order valence-corrected chi connectivity index (χ0v) is 14.9. The normalized spacial score (nSPS) is 29.1. The predicted octanol–water partition coefficient (Wildman–Crippen LogP) is 3.94. The molecule has 1 saturated carbocycles. The maximum absolute atomic E-state index is 12.5. The van der Waals surface area contributed by atoms with Crippen LogP contribution >= 0.6 is 0 Å². The first-order chi connectivity index (χ1) is 10.4. The molecule has 2 rings (SSSR count). The first kappa shape index (κ1) is 17.6. The molecule has 0 aromatic rings. The van der Waals surface area contributed by atoms with Crippen molar-refractivity contribution in [3.05, 3.63) is 0 Å². The van der Waals surface area contributed by atoms with Crippen molar-refractivity contribution in [2.75, 3.05) is 13.1 Å². The molecule has 1 heterocycles. The molecule has 0 aromatic heterocycles. The summed E-state index contributed by atoms with van der Waals surface area (Å²) >= 11 is 0. The number of ether oxygens (including phenoxy) is 1. The average molecular weight is 310 g/mol. The van der Waals surface area contributed by atoms with Crippen LogP contribution in [0.3, 0.4) is 0 Å². The summed E-state index contributed by atoms with van der Waals surface area (Å²) in [6.07, 6.45) is 8.39. The molecule has 128 valence electrons. The van der Waals surface area contributed by atoms with E-state index >= 15 is 0 Å². The maximum atomic E-state index is 12.5. The quantitative estimate of drug-likeness (QED) is 0.782. The highest BCUT2D eigenvalue weighted by Crippen LogP contribution is 2.36. The van der Waals surface area contributed by atoms with E-state index in [1.165, 1.54) is 32.1 Å². The Bertz CT molecular complexity index is 365. The molecular weight excluding hydrogens is 276 g/mol. The second-order valence-electron chi connectivity index (χ2n) is 7.89. The van der Waals surface area contributed by atoms with Gasteiger partial charge in [-0.3, -0.25) is 0 Å². The Kier molecular flexibility index (Phi) is 6.13. The lowest BCUT2D eigenvalue weighted by Crippen LogP contribution is -2.47. The van der Waals surface area contributed by atoms with Crippen LogP contribution in [0.5, 0.6) is 0 Å². The molecule has 2 aliphatic rings. The molecule has 3 unspecified atom stereocenters. The van der Waals surface area contributed by atoms with Crippen LogP contribution in [-0.2, 0) is 4.74 Å². The second kappa shape index (κ2) is 7.67. The Labute approximate surface area is 136 Å². The van der Waals surface area contributed by atoms with Crippen LogP contribution in [0.15, 0.2) is 0 Å². The van der Waals surface area contributed by atoms with E-state index in [1.807, 2.05) is 25.7 Å². The van der Waals surface area contributed by atoms with Crippen LogP contribution < -0.4 is 5.32 Å². The number of rotatable bonds is 5. The van der Waals surface area contributed by atoms with E-state index in [0.717, 1.165) is 25.9 Å². The monoisotopic (exact) mass is 310 g/mol. The molecule has 0 aromatic carbocycles. The van der Waals surface area contributed by atoms with Crippen molar-refractivity contribution in [1.82, 2.24) is 10.2 Å². The molecule has 3 atom stereocenters. The highest BCUT2D eigenvalue weighted by Gasteiger charge is 2.41. The molecule has 22 heavy (non-hydrogen) atoms. The van der Waals surface area contributed by atoms with Gasteiger partial charge >= 0.3 is 6.09 Å². The Morgan fingerprint density at radius 3 is 2.68 bits per heavy atom. The second-order valence-corrected chi connectivity index (χ2v) is 7.89. The van der Waals surface area contributed by atoms with Crippen LogP contribution in [0.2, 0.25) is 0 Å². The number of nitrogens with zero attached hydrogens (tertiary/aromatic N) is 1. The van der Waals surface area contributed by atoms with Crippen LogP contribution in [-0.4, -0.2) is 41.8 Å². The van der Waals surface area contributed by atoms with Crippen molar-refractivity contribution in [3.8, 4) is 0 Å². The Morgan fingerprint density at radius 2 is 2.00 bits per heavy atom. The standard InChI is InChI=1S/C18H34N2O2/c1-5-6-12-19-15-10-7-9-14(15)16-11-8-13-20(16)17(21)22-18(2,3)4/h14-16,19H,5-13H2,1-4H3. The largest absolute Gasteiger partial charge is 0.444 e. The molecule has 0 radical (unpaired) electrons. The van der Waals surface area contributed by atoms with Crippen LogP contribution in [0.4, 0.5) is 4.79 Å². The minimum Gasteiger partial charge on any atom is -0.444 e. The predicted molar refractivity (Wildman–Crippen MR) is 90.0 cm³/mol. The number of nitrogens with one attached hydrogen (secondary N) is 1. The third-order valence-corrected chi connectivity index (χ3v) is 4.93. The van der Waals surface area contributed by atoms with Gasteiger partial charge in [0.1, 0.15) is 5.60 Å².